The Morgan fingerprint density at radius 1 is 1.20 bits per heavy atom. The Bertz CT molecular complexity index is 572. The van der Waals surface area contributed by atoms with Gasteiger partial charge in [0.25, 0.3) is 0 Å². The van der Waals surface area contributed by atoms with E-state index in [0.29, 0.717) is 38.9 Å². The van der Waals surface area contributed by atoms with Gasteiger partial charge >= 0.3 is 0 Å². The maximum absolute atomic E-state index is 12.3. The normalized spacial score (nSPS) is 17.2. The summed E-state index contributed by atoms with van der Waals surface area (Å²) in [4.78, 5) is 26.4. The molecule has 1 saturated heterocycles. The van der Waals surface area contributed by atoms with Crippen molar-refractivity contribution in [1.29, 1.82) is 0 Å². The molecule has 1 aromatic rings. The number of likely N-dealkylation sites (tertiary alicyclic amines) is 1. The largest absolute Gasteiger partial charge is 0.388 e. The molecule has 1 unspecified atom stereocenters. The first kappa shape index (κ1) is 19.4. The van der Waals surface area contributed by atoms with Gasteiger partial charge in [0.15, 0.2) is 0 Å². The number of piperidine rings is 1. The molecule has 1 aliphatic heterocycles. The molecule has 1 heterocycles. The summed E-state index contributed by atoms with van der Waals surface area (Å²) >= 11 is 0. The maximum Gasteiger partial charge on any atom is 0.227 e. The lowest BCUT2D eigenvalue weighted by Gasteiger charge is -2.35. The molecule has 0 spiro atoms. The van der Waals surface area contributed by atoms with E-state index < -0.39 is 6.10 Å². The van der Waals surface area contributed by atoms with Crippen molar-refractivity contribution in [2.75, 3.05) is 19.6 Å². The van der Waals surface area contributed by atoms with Gasteiger partial charge in [0.05, 0.1) is 6.10 Å². The van der Waals surface area contributed by atoms with Crippen LogP contribution in [0.1, 0.15) is 51.7 Å². The lowest BCUT2D eigenvalue weighted by Crippen LogP contribution is -2.46. The fourth-order valence-electron chi connectivity index (χ4n) is 3.14. The van der Waals surface area contributed by atoms with Crippen LogP contribution < -0.4 is 5.32 Å². The molecule has 1 fully saturated rings. The third kappa shape index (κ3) is 5.56. The smallest absolute Gasteiger partial charge is 0.227 e. The second-order valence-electron chi connectivity index (χ2n) is 7.82. The summed E-state index contributed by atoms with van der Waals surface area (Å²) in [5.41, 5.74) is 0.494. The minimum absolute atomic E-state index is 0.0307. The molecule has 1 aliphatic rings. The van der Waals surface area contributed by atoms with Gasteiger partial charge in [-0.2, -0.15) is 0 Å². The fraction of sp³-hybridized carbons (Fsp3) is 0.600. The number of aliphatic hydroxyl groups excluding tert-OH is 1. The number of nitrogens with one attached hydrogen (secondary N) is 1. The average molecular weight is 346 g/mol. The molecule has 2 rings (SSSR count). The SMILES string of the molecule is CC(C)(C)C(=O)N1CCC(C(=O)NCCC(O)c2ccccc2)CC1. The van der Waals surface area contributed by atoms with Gasteiger partial charge in [0.2, 0.25) is 11.8 Å². The van der Waals surface area contributed by atoms with Crippen LogP contribution in [0.5, 0.6) is 0 Å². The minimum Gasteiger partial charge on any atom is -0.388 e. The van der Waals surface area contributed by atoms with Crippen LogP contribution in [0.15, 0.2) is 30.3 Å². The van der Waals surface area contributed by atoms with E-state index in [1.54, 1.807) is 0 Å². The number of hydrogen-bond acceptors (Lipinski definition) is 3. The standard InChI is InChI=1S/C20H30N2O3/c1-20(2,3)19(25)22-13-10-16(11-14-22)18(24)21-12-9-17(23)15-7-5-4-6-8-15/h4-8,16-17,23H,9-14H2,1-3H3,(H,21,24). The molecule has 25 heavy (non-hydrogen) atoms. The molecular weight excluding hydrogens is 316 g/mol. The van der Waals surface area contributed by atoms with Gasteiger partial charge in [-0.15, -0.1) is 0 Å². The Hall–Kier alpha value is -1.88. The van der Waals surface area contributed by atoms with Crippen LogP contribution in [0.2, 0.25) is 0 Å². The van der Waals surface area contributed by atoms with Gasteiger partial charge in [-0.1, -0.05) is 51.1 Å². The number of benzene rings is 1. The predicted molar refractivity (Wildman–Crippen MR) is 97.8 cm³/mol. The zero-order chi connectivity index (χ0) is 18.4. The first-order valence-electron chi connectivity index (χ1n) is 9.09. The molecule has 0 bridgehead atoms. The van der Waals surface area contributed by atoms with Crippen molar-refractivity contribution in [2.24, 2.45) is 11.3 Å². The van der Waals surface area contributed by atoms with Crippen LogP contribution in [0.4, 0.5) is 0 Å². The minimum atomic E-state index is -0.562. The van der Waals surface area contributed by atoms with Crippen molar-refractivity contribution in [3.63, 3.8) is 0 Å². The van der Waals surface area contributed by atoms with Gasteiger partial charge in [-0.05, 0) is 24.8 Å². The van der Waals surface area contributed by atoms with Crippen molar-refractivity contribution >= 4 is 11.8 Å². The molecule has 5 nitrogen and oxygen atoms in total. The van der Waals surface area contributed by atoms with Crippen LogP contribution in [0.25, 0.3) is 0 Å². The van der Waals surface area contributed by atoms with E-state index in [1.165, 1.54) is 0 Å². The zero-order valence-corrected chi connectivity index (χ0v) is 15.5. The van der Waals surface area contributed by atoms with Crippen LogP contribution >= 0.6 is 0 Å². The number of carbonyl (C=O) groups excluding carboxylic acids is 2. The monoisotopic (exact) mass is 346 g/mol. The highest BCUT2D eigenvalue weighted by molar-refractivity contribution is 5.82. The number of carbonyl (C=O) groups is 2. The number of rotatable bonds is 5. The molecule has 2 amide bonds. The van der Waals surface area contributed by atoms with Crippen molar-refractivity contribution in [3.8, 4) is 0 Å². The molecule has 0 saturated carbocycles. The molecule has 0 aliphatic carbocycles. The van der Waals surface area contributed by atoms with Gasteiger partial charge < -0.3 is 15.3 Å². The van der Waals surface area contributed by atoms with Gasteiger partial charge in [-0.25, -0.2) is 0 Å². The molecule has 1 aromatic carbocycles. The second-order valence-corrected chi connectivity index (χ2v) is 7.82. The first-order valence-corrected chi connectivity index (χ1v) is 9.09. The lowest BCUT2D eigenvalue weighted by molar-refractivity contribution is -0.142. The van der Waals surface area contributed by atoms with Crippen molar-refractivity contribution in [2.45, 2.75) is 46.1 Å². The van der Waals surface area contributed by atoms with E-state index in [1.807, 2.05) is 56.0 Å². The molecule has 138 valence electrons. The van der Waals surface area contributed by atoms with Crippen LogP contribution in [0.3, 0.4) is 0 Å². The van der Waals surface area contributed by atoms with Crippen LogP contribution in [-0.4, -0.2) is 41.5 Å². The topological polar surface area (TPSA) is 69.6 Å². The Balaban J connectivity index is 1.71. The fourth-order valence-corrected chi connectivity index (χ4v) is 3.14. The third-order valence-electron chi connectivity index (χ3n) is 4.70. The third-order valence-corrected chi connectivity index (χ3v) is 4.70. The number of aliphatic hydroxyl groups is 1. The van der Waals surface area contributed by atoms with E-state index in [4.69, 9.17) is 0 Å². The molecule has 1 atom stereocenters. The number of hydrogen-bond donors (Lipinski definition) is 2. The van der Waals surface area contributed by atoms with E-state index in [2.05, 4.69) is 5.32 Å². The Morgan fingerprint density at radius 2 is 1.80 bits per heavy atom. The lowest BCUT2D eigenvalue weighted by atomic mass is 9.90. The van der Waals surface area contributed by atoms with E-state index in [9.17, 15) is 14.7 Å². The molecule has 5 heteroatoms. The van der Waals surface area contributed by atoms with Crippen molar-refractivity contribution in [1.82, 2.24) is 10.2 Å². The maximum atomic E-state index is 12.3. The van der Waals surface area contributed by atoms with Gasteiger partial charge in [0, 0.05) is 31.0 Å². The first-order chi connectivity index (χ1) is 11.8. The summed E-state index contributed by atoms with van der Waals surface area (Å²) in [6.45, 7) is 7.50. The molecule has 2 N–H and O–H groups in total. The molecule has 0 radical (unpaired) electrons. The van der Waals surface area contributed by atoms with Gasteiger partial charge in [0.1, 0.15) is 0 Å². The second kappa shape index (κ2) is 8.48. The van der Waals surface area contributed by atoms with Crippen LogP contribution in [0, 0.1) is 11.3 Å². The molecular formula is C20H30N2O3. The zero-order valence-electron chi connectivity index (χ0n) is 15.5. The Labute approximate surface area is 150 Å². The van der Waals surface area contributed by atoms with Crippen molar-refractivity contribution < 1.29 is 14.7 Å². The summed E-state index contributed by atoms with van der Waals surface area (Å²) in [6.07, 6.45) is 1.34. The summed E-state index contributed by atoms with van der Waals surface area (Å²) in [6, 6.07) is 9.46. The summed E-state index contributed by atoms with van der Waals surface area (Å²) in [5, 5.41) is 13.0. The highest BCUT2D eigenvalue weighted by atomic mass is 16.3. The van der Waals surface area contributed by atoms with E-state index in [-0.39, 0.29) is 23.1 Å². The van der Waals surface area contributed by atoms with Crippen molar-refractivity contribution in [3.05, 3.63) is 35.9 Å². The Morgan fingerprint density at radius 3 is 2.36 bits per heavy atom. The average Bonchev–Trinajstić information content (AvgIpc) is 2.61. The summed E-state index contributed by atoms with van der Waals surface area (Å²) < 4.78 is 0. The van der Waals surface area contributed by atoms with E-state index in [0.717, 1.165) is 5.56 Å². The highest BCUT2D eigenvalue weighted by Crippen LogP contribution is 2.23. The quantitative estimate of drug-likeness (QED) is 0.861. The predicted octanol–water partition coefficient (Wildman–Crippen LogP) is 2.51. The molecule has 0 aromatic heterocycles. The summed E-state index contributed by atoms with van der Waals surface area (Å²) in [5.74, 6) is 0.137. The summed E-state index contributed by atoms with van der Waals surface area (Å²) in [7, 11) is 0. The Kier molecular flexibility index (Phi) is 6.59. The van der Waals surface area contributed by atoms with Crippen LogP contribution in [-0.2, 0) is 9.59 Å². The highest BCUT2D eigenvalue weighted by Gasteiger charge is 2.32. The number of nitrogens with zero attached hydrogens (tertiary/aromatic N) is 1. The number of amides is 2. The van der Waals surface area contributed by atoms with E-state index >= 15 is 0 Å². The van der Waals surface area contributed by atoms with Gasteiger partial charge in [-0.3, -0.25) is 9.59 Å².